The molecule has 0 amide bonds. The monoisotopic (exact) mass is 388 g/mol. The third kappa shape index (κ3) is 3.19. The third-order valence-corrected chi connectivity index (χ3v) is 5.49. The van der Waals surface area contributed by atoms with Crippen molar-refractivity contribution in [3.05, 3.63) is 56.6 Å². The van der Waals surface area contributed by atoms with Crippen molar-refractivity contribution in [2.24, 2.45) is 0 Å². The first-order chi connectivity index (χ1) is 11.3. The zero-order valence-electron chi connectivity index (χ0n) is 14.9. The Morgan fingerprint density at radius 3 is 2.38 bits per heavy atom. The molecule has 0 atom stereocenters. The van der Waals surface area contributed by atoms with Crippen molar-refractivity contribution in [1.29, 1.82) is 0 Å². The Labute approximate surface area is 153 Å². The van der Waals surface area contributed by atoms with E-state index in [1.807, 2.05) is 6.07 Å². The molecule has 0 fully saturated rings. The van der Waals surface area contributed by atoms with Crippen LogP contribution in [0.15, 0.2) is 28.7 Å². The normalized spacial score (nSPS) is 14.4. The number of aromatic hydroxyl groups is 1. The minimum absolute atomic E-state index is 0.142. The highest BCUT2D eigenvalue weighted by Crippen LogP contribution is 2.40. The smallest absolute Gasteiger partial charge is 0.136 e. The van der Waals surface area contributed by atoms with Gasteiger partial charge in [-0.05, 0) is 75.3 Å². The number of aryl methyl sites for hydroxylation is 3. The van der Waals surface area contributed by atoms with Crippen molar-refractivity contribution >= 4 is 15.9 Å². The SMILES string of the molecule is COc1c2cc(Br)c(O)c1CCc1ccc(C(C)(C)C)c(c1)CC2. The molecule has 0 spiro atoms. The summed E-state index contributed by atoms with van der Waals surface area (Å²) in [5, 5.41) is 10.4. The molecule has 3 heteroatoms. The molecule has 2 aromatic carbocycles. The van der Waals surface area contributed by atoms with E-state index in [1.165, 1.54) is 16.7 Å². The van der Waals surface area contributed by atoms with Crippen LogP contribution in [0.1, 0.15) is 48.6 Å². The number of hydrogen-bond donors (Lipinski definition) is 1. The van der Waals surface area contributed by atoms with Gasteiger partial charge in [-0.15, -0.1) is 0 Å². The number of benzene rings is 2. The molecule has 24 heavy (non-hydrogen) atoms. The molecule has 0 saturated carbocycles. The fourth-order valence-electron chi connectivity index (χ4n) is 3.68. The number of hydrogen-bond acceptors (Lipinski definition) is 2. The fraction of sp³-hybridized carbons (Fsp3) is 0.429. The predicted octanol–water partition coefficient (Wildman–Crippen LogP) is 5.34. The highest BCUT2D eigenvalue weighted by Gasteiger charge is 2.22. The first-order valence-corrected chi connectivity index (χ1v) is 9.30. The second kappa shape index (κ2) is 6.44. The van der Waals surface area contributed by atoms with Gasteiger partial charge in [-0.1, -0.05) is 39.0 Å². The van der Waals surface area contributed by atoms with Gasteiger partial charge in [0.1, 0.15) is 11.5 Å². The van der Waals surface area contributed by atoms with Gasteiger partial charge >= 0.3 is 0 Å². The zero-order valence-corrected chi connectivity index (χ0v) is 16.5. The largest absolute Gasteiger partial charge is 0.506 e. The Bertz CT molecular complexity index is 772. The van der Waals surface area contributed by atoms with E-state index in [9.17, 15) is 5.11 Å². The molecular formula is C21H25BrO2. The van der Waals surface area contributed by atoms with Gasteiger partial charge in [0, 0.05) is 5.56 Å². The van der Waals surface area contributed by atoms with E-state index in [4.69, 9.17) is 4.74 Å². The summed E-state index contributed by atoms with van der Waals surface area (Å²) in [4.78, 5) is 0. The van der Waals surface area contributed by atoms with E-state index in [0.717, 1.165) is 47.0 Å². The van der Waals surface area contributed by atoms with Crippen LogP contribution < -0.4 is 4.74 Å². The molecule has 4 bridgehead atoms. The lowest BCUT2D eigenvalue weighted by atomic mass is 9.80. The van der Waals surface area contributed by atoms with Gasteiger partial charge in [-0.3, -0.25) is 0 Å². The van der Waals surface area contributed by atoms with E-state index in [-0.39, 0.29) is 5.41 Å². The van der Waals surface area contributed by atoms with Crippen molar-refractivity contribution in [3.63, 3.8) is 0 Å². The Morgan fingerprint density at radius 2 is 1.71 bits per heavy atom. The third-order valence-electron chi connectivity index (χ3n) is 4.89. The van der Waals surface area contributed by atoms with Crippen LogP contribution in [0.4, 0.5) is 0 Å². The molecule has 0 radical (unpaired) electrons. The molecule has 2 nitrogen and oxygen atoms in total. The maximum absolute atomic E-state index is 10.4. The molecule has 128 valence electrons. The van der Waals surface area contributed by atoms with Gasteiger partial charge in [-0.2, -0.15) is 0 Å². The summed E-state index contributed by atoms with van der Waals surface area (Å²) in [5.41, 5.74) is 6.37. The molecule has 0 heterocycles. The number of phenols is 1. The van der Waals surface area contributed by atoms with E-state index in [0.29, 0.717) is 5.75 Å². The summed E-state index contributed by atoms with van der Waals surface area (Å²) < 4.78 is 6.43. The van der Waals surface area contributed by atoms with Crippen LogP contribution in [0, 0.1) is 0 Å². The van der Waals surface area contributed by atoms with E-state index in [2.05, 4.69) is 54.9 Å². The standard InChI is InChI=1S/C21H25BrO2/c1-21(2,3)17-10-6-13-5-9-16-19(23)18(22)12-15(20(16)24-4)8-7-14(17)11-13/h6,10-12,23H,5,7-9H2,1-4H3. The lowest BCUT2D eigenvalue weighted by Crippen LogP contribution is -2.16. The van der Waals surface area contributed by atoms with Gasteiger partial charge in [0.25, 0.3) is 0 Å². The maximum atomic E-state index is 10.4. The molecular weight excluding hydrogens is 364 g/mol. The fourth-order valence-corrected chi connectivity index (χ4v) is 4.20. The van der Waals surface area contributed by atoms with Crippen LogP contribution >= 0.6 is 15.9 Å². The van der Waals surface area contributed by atoms with Gasteiger partial charge in [-0.25, -0.2) is 0 Å². The summed E-state index contributed by atoms with van der Waals surface area (Å²) in [6.07, 6.45) is 3.56. The second-order valence-corrected chi connectivity index (χ2v) is 8.47. The molecule has 0 aliphatic heterocycles. The lowest BCUT2D eigenvalue weighted by Gasteiger charge is -2.25. The average Bonchev–Trinajstić information content (AvgIpc) is 2.52. The van der Waals surface area contributed by atoms with Crippen LogP contribution in [0.2, 0.25) is 0 Å². The first kappa shape index (κ1) is 17.3. The van der Waals surface area contributed by atoms with Crippen molar-refractivity contribution in [2.45, 2.75) is 51.9 Å². The topological polar surface area (TPSA) is 29.5 Å². The van der Waals surface area contributed by atoms with Crippen molar-refractivity contribution in [1.82, 2.24) is 0 Å². The Balaban J connectivity index is 2.11. The van der Waals surface area contributed by atoms with Gasteiger partial charge in [0.05, 0.1) is 11.6 Å². The summed E-state index contributed by atoms with van der Waals surface area (Å²) in [6.45, 7) is 6.81. The van der Waals surface area contributed by atoms with Gasteiger partial charge in [0.15, 0.2) is 0 Å². The van der Waals surface area contributed by atoms with Crippen LogP contribution in [0.5, 0.6) is 11.5 Å². The number of halogens is 1. The van der Waals surface area contributed by atoms with Crippen molar-refractivity contribution in [2.75, 3.05) is 7.11 Å². The lowest BCUT2D eigenvalue weighted by molar-refractivity contribution is 0.393. The zero-order chi connectivity index (χ0) is 17.5. The van der Waals surface area contributed by atoms with E-state index in [1.54, 1.807) is 7.11 Å². The summed E-state index contributed by atoms with van der Waals surface area (Å²) in [6, 6.07) is 8.87. The van der Waals surface area contributed by atoms with Crippen LogP contribution in [-0.2, 0) is 31.1 Å². The number of fused-ring (bicyclic) bond motifs is 4. The number of rotatable bonds is 1. The van der Waals surface area contributed by atoms with Crippen molar-refractivity contribution in [3.8, 4) is 11.5 Å². The maximum Gasteiger partial charge on any atom is 0.136 e. The molecule has 1 aliphatic rings. The highest BCUT2D eigenvalue weighted by atomic mass is 79.9. The first-order valence-electron chi connectivity index (χ1n) is 8.50. The Morgan fingerprint density at radius 1 is 1.00 bits per heavy atom. The van der Waals surface area contributed by atoms with Gasteiger partial charge in [0.2, 0.25) is 0 Å². The van der Waals surface area contributed by atoms with Crippen LogP contribution in [0.3, 0.4) is 0 Å². The Kier molecular flexibility index (Phi) is 4.65. The number of ether oxygens (including phenoxy) is 1. The average molecular weight is 389 g/mol. The molecule has 1 N–H and O–H groups in total. The number of methoxy groups -OCH3 is 1. The quantitative estimate of drug-likeness (QED) is 0.713. The summed E-state index contributed by atoms with van der Waals surface area (Å²) >= 11 is 3.50. The predicted molar refractivity (Wildman–Crippen MR) is 102 cm³/mol. The summed E-state index contributed by atoms with van der Waals surface area (Å²) in [5.74, 6) is 1.15. The molecule has 0 saturated heterocycles. The van der Waals surface area contributed by atoms with Crippen LogP contribution in [-0.4, -0.2) is 12.2 Å². The second-order valence-electron chi connectivity index (χ2n) is 7.62. The molecule has 1 aliphatic carbocycles. The van der Waals surface area contributed by atoms with Crippen molar-refractivity contribution < 1.29 is 9.84 Å². The Hall–Kier alpha value is -1.48. The highest BCUT2D eigenvalue weighted by molar-refractivity contribution is 9.10. The van der Waals surface area contributed by atoms with E-state index < -0.39 is 0 Å². The van der Waals surface area contributed by atoms with Crippen LogP contribution in [0.25, 0.3) is 0 Å². The molecule has 3 rings (SSSR count). The molecule has 2 aromatic rings. The number of phenolic OH excluding ortho intramolecular Hbond substituents is 1. The minimum atomic E-state index is 0.142. The van der Waals surface area contributed by atoms with E-state index >= 15 is 0 Å². The molecule has 0 unspecified atom stereocenters. The van der Waals surface area contributed by atoms with Gasteiger partial charge < -0.3 is 9.84 Å². The molecule has 0 aromatic heterocycles. The minimum Gasteiger partial charge on any atom is -0.506 e. The summed E-state index contributed by atoms with van der Waals surface area (Å²) in [7, 11) is 1.70.